The van der Waals surface area contributed by atoms with Gasteiger partial charge < -0.3 is 9.09 Å². The molecule has 110 valence electrons. The van der Waals surface area contributed by atoms with Crippen molar-refractivity contribution < 1.29 is 8.91 Å². The van der Waals surface area contributed by atoms with Crippen molar-refractivity contribution in [2.24, 2.45) is 0 Å². The fourth-order valence-corrected chi connectivity index (χ4v) is 2.76. The summed E-state index contributed by atoms with van der Waals surface area (Å²) in [6.07, 6.45) is 0. The molecule has 0 bridgehead atoms. The average molecular weight is 373 g/mol. The summed E-state index contributed by atoms with van der Waals surface area (Å²) in [6.45, 7) is 4.09. The van der Waals surface area contributed by atoms with Gasteiger partial charge in [0, 0.05) is 12.1 Å². The summed E-state index contributed by atoms with van der Waals surface area (Å²) in [5, 5.41) is 3.67. The monoisotopic (exact) mass is 371 g/mol. The Morgan fingerprint density at radius 2 is 2.19 bits per heavy atom. The van der Waals surface area contributed by atoms with Crippen LogP contribution in [0.5, 0.6) is 0 Å². The van der Waals surface area contributed by atoms with Gasteiger partial charge in [-0.25, -0.2) is 9.37 Å². The van der Waals surface area contributed by atoms with E-state index in [9.17, 15) is 4.39 Å². The van der Waals surface area contributed by atoms with Gasteiger partial charge >= 0.3 is 0 Å². The summed E-state index contributed by atoms with van der Waals surface area (Å²) in [7, 11) is 0. The number of aryl methyl sites for hydroxylation is 1. The topological polar surface area (TPSA) is 43.9 Å². The Morgan fingerprint density at radius 1 is 1.43 bits per heavy atom. The Kier molecular flexibility index (Phi) is 3.75. The predicted molar refractivity (Wildman–Crippen MR) is 82.0 cm³/mol. The highest BCUT2D eigenvalue weighted by Gasteiger charge is 2.18. The molecule has 0 amide bonds. The van der Waals surface area contributed by atoms with Gasteiger partial charge in [-0.1, -0.05) is 5.16 Å². The summed E-state index contributed by atoms with van der Waals surface area (Å²) in [5.41, 5.74) is 2.11. The molecule has 0 aliphatic rings. The molecule has 0 radical (unpaired) electrons. The van der Waals surface area contributed by atoms with E-state index in [0.29, 0.717) is 27.9 Å². The van der Waals surface area contributed by atoms with Crippen LogP contribution >= 0.6 is 27.5 Å². The van der Waals surface area contributed by atoms with Crippen molar-refractivity contribution in [3.63, 3.8) is 0 Å². The number of hydrogen-bond acceptors (Lipinski definition) is 3. The first kappa shape index (κ1) is 14.5. The molecule has 0 fully saturated rings. The lowest BCUT2D eigenvalue weighted by Gasteiger charge is -2.08. The van der Waals surface area contributed by atoms with Crippen LogP contribution in [-0.4, -0.2) is 14.7 Å². The van der Waals surface area contributed by atoms with Crippen LogP contribution < -0.4 is 0 Å². The number of hydrogen-bond donors (Lipinski definition) is 0. The maximum absolute atomic E-state index is 13.8. The average Bonchev–Trinajstić information content (AvgIpc) is 2.96. The molecule has 3 aromatic rings. The molecule has 1 unspecified atom stereocenters. The minimum absolute atomic E-state index is 0.299. The molecule has 2 aromatic heterocycles. The molecule has 7 heteroatoms. The molecule has 0 saturated carbocycles. The Balaban J connectivity index is 2.17. The van der Waals surface area contributed by atoms with E-state index >= 15 is 0 Å². The molecule has 4 nitrogen and oxygen atoms in total. The predicted octanol–water partition coefficient (Wildman–Crippen LogP) is 4.58. The van der Waals surface area contributed by atoms with Crippen LogP contribution in [0.25, 0.3) is 11.0 Å². The number of nitrogens with zero attached hydrogens (tertiary/aromatic N) is 3. The summed E-state index contributed by atoms with van der Waals surface area (Å²) in [4.78, 5) is 4.49. The van der Waals surface area contributed by atoms with Crippen LogP contribution in [0.1, 0.15) is 29.6 Å². The van der Waals surface area contributed by atoms with E-state index < -0.39 is 0 Å². The first-order valence-electron chi connectivity index (χ1n) is 6.37. The molecule has 0 saturated heterocycles. The zero-order valence-electron chi connectivity index (χ0n) is 11.4. The van der Waals surface area contributed by atoms with Crippen molar-refractivity contribution in [1.29, 1.82) is 0 Å². The van der Waals surface area contributed by atoms with E-state index in [1.54, 1.807) is 6.07 Å². The highest BCUT2D eigenvalue weighted by molar-refractivity contribution is 9.10. The highest BCUT2D eigenvalue weighted by atomic mass is 79.9. The minimum Gasteiger partial charge on any atom is -0.361 e. The number of fused-ring (bicyclic) bond motifs is 1. The summed E-state index contributed by atoms with van der Waals surface area (Å²) < 4.78 is 21.1. The lowest BCUT2D eigenvalue weighted by molar-refractivity contribution is 0.389. The van der Waals surface area contributed by atoms with Gasteiger partial charge in [-0.3, -0.25) is 0 Å². The van der Waals surface area contributed by atoms with Crippen LogP contribution in [0.2, 0.25) is 0 Å². The number of benzene rings is 1. The molecular formula is C14H12BrClFN3O. The molecule has 0 N–H and O–H groups in total. The third kappa shape index (κ3) is 2.70. The van der Waals surface area contributed by atoms with E-state index in [2.05, 4.69) is 26.1 Å². The molecule has 3 rings (SSSR count). The Morgan fingerprint density at radius 3 is 2.81 bits per heavy atom. The maximum Gasteiger partial charge on any atom is 0.139 e. The molecule has 0 aliphatic carbocycles. The van der Waals surface area contributed by atoms with E-state index in [1.807, 2.05) is 24.5 Å². The standard InChI is InChI=1S/C14H12BrClFN3O/c1-7-3-9(19-21-7)6-20-13-5-11(17)10(15)4-12(13)18-14(20)8(2)16/h3-5,8H,6H2,1-2H3. The van der Waals surface area contributed by atoms with Gasteiger partial charge in [0.25, 0.3) is 0 Å². The smallest absolute Gasteiger partial charge is 0.139 e. The third-order valence-corrected chi connectivity index (χ3v) is 3.98. The van der Waals surface area contributed by atoms with Crippen molar-refractivity contribution >= 4 is 38.6 Å². The molecular weight excluding hydrogens is 361 g/mol. The molecule has 21 heavy (non-hydrogen) atoms. The second-order valence-corrected chi connectivity index (χ2v) is 6.37. The minimum atomic E-state index is -0.339. The van der Waals surface area contributed by atoms with Crippen molar-refractivity contribution in [2.45, 2.75) is 25.8 Å². The first-order chi connectivity index (χ1) is 9.95. The molecule has 2 heterocycles. The van der Waals surface area contributed by atoms with Gasteiger partial charge in [0.15, 0.2) is 0 Å². The number of imidazole rings is 1. The largest absolute Gasteiger partial charge is 0.361 e. The zero-order valence-corrected chi connectivity index (χ0v) is 13.7. The van der Waals surface area contributed by atoms with Crippen LogP contribution in [0, 0.1) is 12.7 Å². The van der Waals surface area contributed by atoms with Crippen molar-refractivity contribution in [3.05, 3.63) is 45.8 Å². The van der Waals surface area contributed by atoms with Crippen LogP contribution in [0.15, 0.2) is 27.2 Å². The van der Waals surface area contributed by atoms with Gasteiger partial charge in [0.2, 0.25) is 0 Å². The van der Waals surface area contributed by atoms with Gasteiger partial charge in [-0.2, -0.15) is 0 Å². The first-order valence-corrected chi connectivity index (χ1v) is 7.60. The van der Waals surface area contributed by atoms with E-state index in [4.69, 9.17) is 16.1 Å². The summed E-state index contributed by atoms with van der Waals surface area (Å²) in [6, 6.07) is 4.93. The van der Waals surface area contributed by atoms with E-state index in [1.165, 1.54) is 6.07 Å². The van der Waals surface area contributed by atoms with E-state index in [0.717, 1.165) is 11.5 Å². The number of alkyl halides is 1. The highest BCUT2D eigenvalue weighted by Crippen LogP contribution is 2.29. The SMILES string of the molecule is Cc1cc(Cn2c(C(C)Cl)nc3cc(Br)c(F)cc32)no1. The van der Waals surface area contributed by atoms with Crippen molar-refractivity contribution in [2.75, 3.05) is 0 Å². The van der Waals surface area contributed by atoms with Crippen molar-refractivity contribution in [3.8, 4) is 0 Å². The maximum atomic E-state index is 13.8. The normalized spacial score (nSPS) is 13.0. The quantitative estimate of drug-likeness (QED) is 0.632. The summed E-state index contributed by atoms with van der Waals surface area (Å²) in [5.74, 6) is 1.06. The lowest BCUT2D eigenvalue weighted by Crippen LogP contribution is -2.06. The number of rotatable bonds is 3. The van der Waals surface area contributed by atoms with Gasteiger partial charge in [0.1, 0.15) is 23.1 Å². The van der Waals surface area contributed by atoms with E-state index in [-0.39, 0.29) is 11.2 Å². The Hall–Kier alpha value is -1.40. The fourth-order valence-electron chi connectivity index (χ4n) is 2.26. The molecule has 1 atom stereocenters. The molecule has 0 spiro atoms. The number of aromatic nitrogens is 3. The zero-order chi connectivity index (χ0) is 15.1. The lowest BCUT2D eigenvalue weighted by atomic mass is 10.3. The second-order valence-electron chi connectivity index (χ2n) is 4.86. The second kappa shape index (κ2) is 5.42. The fraction of sp³-hybridized carbons (Fsp3) is 0.286. The number of halogens is 3. The molecule has 1 aromatic carbocycles. The molecule has 0 aliphatic heterocycles. The Bertz CT molecular complexity index is 812. The summed E-state index contributed by atoms with van der Waals surface area (Å²) >= 11 is 9.37. The van der Waals surface area contributed by atoms with Gasteiger partial charge in [0.05, 0.1) is 27.4 Å². The van der Waals surface area contributed by atoms with Crippen LogP contribution in [0.4, 0.5) is 4.39 Å². The van der Waals surface area contributed by atoms with Gasteiger partial charge in [-0.15, -0.1) is 11.6 Å². The Labute approximate surface area is 134 Å². The third-order valence-electron chi connectivity index (χ3n) is 3.17. The van der Waals surface area contributed by atoms with Crippen molar-refractivity contribution in [1.82, 2.24) is 14.7 Å². The van der Waals surface area contributed by atoms with Gasteiger partial charge in [-0.05, 0) is 35.8 Å². The van der Waals surface area contributed by atoms with Crippen LogP contribution in [0.3, 0.4) is 0 Å². The van der Waals surface area contributed by atoms with Crippen LogP contribution in [-0.2, 0) is 6.54 Å².